The summed E-state index contributed by atoms with van der Waals surface area (Å²) >= 11 is 0. The normalized spacial score (nSPS) is 25.6. The summed E-state index contributed by atoms with van der Waals surface area (Å²) in [6, 6.07) is 20.9. The summed E-state index contributed by atoms with van der Waals surface area (Å²) < 4.78 is 0. The number of likely N-dealkylation sites (N-methyl/N-ethyl adjacent to an activating group) is 1. The maximum atomic E-state index is 13.5. The van der Waals surface area contributed by atoms with Crippen LogP contribution in [0.1, 0.15) is 36.4 Å². The van der Waals surface area contributed by atoms with Gasteiger partial charge in [-0.3, -0.25) is 9.69 Å². The van der Waals surface area contributed by atoms with Crippen molar-refractivity contribution in [2.75, 3.05) is 39.8 Å². The predicted molar refractivity (Wildman–Crippen MR) is 129 cm³/mol. The molecule has 32 heavy (non-hydrogen) atoms. The zero-order chi connectivity index (χ0) is 21.9. The molecular formula is C27H32N4O. The fourth-order valence-electron chi connectivity index (χ4n) is 5.21. The Labute approximate surface area is 191 Å². The van der Waals surface area contributed by atoms with E-state index in [9.17, 15) is 4.79 Å². The van der Waals surface area contributed by atoms with E-state index in [4.69, 9.17) is 5.10 Å². The molecular weight excluding hydrogens is 396 g/mol. The van der Waals surface area contributed by atoms with E-state index in [1.807, 2.05) is 17.1 Å². The molecule has 1 saturated carbocycles. The Morgan fingerprint density at radius 1 is 1.00 bits per heavy atom. The SMILES string of the molecule is CN1CCN(CC(=O)N2N=C3/C(=C/c4ccccc4)CCC[C@H]3[C@@H]2c2ccccc2)CC1. The largest absolute Gasteiger partial charge is 0.304 e. The average Bonchev–Trinajstić information content (AvgIpc) is 3.23. The van der Waals surface area contributed by atoms with Gasteiger partial charge < -0.3 is 4.90 Å². The fourth-order valence-corrected chi connectivity index (χ4v) is 5.21. The molecule has 2 heterocycles. The van der Waals surface area contributed by atoms with E-state index in [2.05, 4.69) is 71.5 Å². The third-order valence-electron chi connectivity index (χ3n) is 6.99. The van der Waals surface area contributed by atoms with Crippen molar-refractivity contribution in [3.05, 3.63) is 77.4 Å². The lowest BCUT2D eigenvalue weighted by Gasteiger charge is -2.34. The molecule has 0 N–H and O–H groups in total. The molecule has 2 atom stereocenters. The lowest BCUT2D eigenvalue weighted by atomic mass is 9.77. The zero-order valence-corrected chi connectivity index (χ0v) is 18.9. The van der Waals surface area contributed by atoms with Crippen LogP contribution in [0, 0.1) is 5.92 Å². The third-order valence-corrected chi connectivity index (χ3v) is 6.99. The molecule has 2 fully saturated rings. The van der Waals surface area contributed by atoms with E-state index in [0.29, 0.717) is 6.54 Å². The molecule has 3 aliphatic rings. The molecule has 0 radical (unpaired) electrons. The van der Waals surface area contributed by atoms with Crippen molar-refractivity contribution in [1.29, 1.82) is 0 Å². The maximum absolute atomic E-state index is 13.5. The van der Waals surface area contributed by atoms with E-state index < -0.39 is 0 Å². The molecule has 2 aromatic carbocycles. The van der Waals surface area contributed by atoms with Gasteiger partial charge in [0.25, 0.3) is 5.91 Å². The van der Waals surface area contributed by atoms with Crippen LogP contribution in [0.3, 0.4) is 0 Å². The third kappa shape index (κ3) is 4.41. The Kier molecular flexibility index (Phi) is 6.19. The highest BCUT2D eigenvalue weighted by Crippen LogP contribution is 2.44. The number of hydrazone groups is 1. The molecule has 166 valence electrons. The van der Waals surface area contributed by atoms with Gasteiger partial charge in [-0.2, -0.15) is 5.10 Å². The van der Waals surface area contributed by atoms with Gasteiger partial charge in [-0.1, -0.05) is 60.7 Å². The average molecular weight is 429 g/mol. The molecule has 5 nitrogen and oxygen atoms in total. The first-order valence-electron chi connectivity index (χ1n) is 11.8. The highest BCUT2D eigenvalue weighted by Gasteiger charge is 2.43. The molecule has 1 saturated heterocycles. The second-order valence-electron chi connectivity index (χ2n) is 9.24. The maximum Gasteiger partial charge on any atom is 0.257 e. The number of fused-ring (bicyclic) bond motifs is 1. The molecule has 2 aromatic rings. The van der Waals surface area contributed by atoms with Crippen molar-refractivity contribution in [2.24, 2.45) is 11.0 Å². The molecule has 2 aliphatic heterocycles. The molecule has 0 aromatic heterocycles. The first-order valence-corrected chi connectivity index (χ1v) is 11.8. The van der Waals surface area contributed by atoms with Gasteiger partial charge in [0.05, 0.1) is 18.3 Å². The summed E-state index contributed by atoms with van der Waals surface area (Å²) in [5.41, 5.74) is 4.78. The Morgan fingerprint density at radius 3 is 2.41 bits per heavy atom. The zero-order valence-electron chi connectivity index (χ0n) is 18.9. The van der Waals surface area contributed by atoms with Crippen LogP contribution in [0.2, 0.25) is 0 Å². The lowest BCUT2D eigenvalue weighted by Crippen LogP contribution is -2.48. The summed E-state index contributed by atoms with van der Waals surface area (Å²) in [7, 11) is 2.14. The van der Waals surface area contributed by atoms with Crippen molar-refractivity contribution in [2.45, 2.75) is 25.3 Å². The first-order chi connectivity index (χ1) is 15.7. The number of nitrogens with zero attached hydrogens (tertiary/aromatic N) is 4. The summed E-state index contributed by atoms with van der Waals surface area (Å²) in [6.07, 6.45) is 5.49. The summed E-state index contributed by atoms with van der Waals surface area (Å²) in [6.45, 7) is 4.34. The van der Waals surface area contributed by atoms with Crippen molar-refractivity contribution >= 4 is 17.7 Å². The van der Waals surface area contributed by atoms with E-state index in [1.54, 1.807) is 0 Å². The van der Waals surface area contributed by atoms with Crippen LogP contribution >= 0.6 is 0 Å². The van der Waals surface area contributed by atoms with Gasteiger partial charge >= 0.3 is 0 Å². The monoisotopic (exact) mass is 428 g/mol. The van der Waals surface area contributed by atoms with Crippen LogP contribution in [-0.2, 0) is 4.79 Å². The molecule has 0 spiro atoms. The predicted octanol–water partition coefficient (Wildman–Crippen LogP) is 4.06. The molecule has 1 amide bonds. The number of amides is 1. The number of hydrogen-bond donors (Lipinski definition) is 0. The minimum Gasteiger partial charge on any atom is -0.304 e. The van der Waals surface area contributed by atoms with E-state index in [0.717, 1.165) is 51.2 Å². The minimum atomic E-state index is -0.00867. The van der Waals surface area contributed by atoms with E-state index >= 15 is 0 Å². The van der Waals surface area contributed by atoms with Gasteiger partial charge in [-0.15, -0.1) is 0 Å². The molecule has 0 unspecified atom stereocenters. The van der Waals surface area contributed by atoms with Crippen molar-refractivity contribution in [1.82, 2.24) is 14.8 Å². The van der Waals surface area contributed by atoms with E-state index in [1.165, 1.54) is 16.7 Å². The smallest absolute Gasteiger partial charge is 0.257 e. The van der Waals surface area contributed by atoms with Crippen LogP contribution in [-0.4, -0.2) is 66.2 Å². The van der Waals surface area contributed by atoms with Crippen LogP contribution in [0.15, 0.2) is 71.3 Å². The number of carbonyl (C=O) groups is 1. The highest BCUT2D eigenvalue weighted by atomic mass is 16.2. The topological polar surface area (TPSA) is 39.1 Å². The van der Waals surface area contributed by atoms with Gasteiger partial charge in [-0.25, -0.2) is 5.01 Å². The van der Waals surface area contributed by atoms with Crippen molar-refractivity contribution in [3.8, 4) is 0 Å². The quantitative estimate of drug-likeness (QED) is 0.737. The van der Waals surface area contributed by atoms with Gasteiger partial charge in [0, 0.05) is 32.1 Å². The Balaban J connectivity index is 1.45. The molecule has 5 heteroatoms. The van der Waals surface area contributed by atoms with Crippen molar-refractivity contribution in [3.63, 3.8) is 0 Å². The van der Waals surface area contributed by atoms with Gasteiger partial charge in [-0.05, 0) is 49.1 Å². The number of benzene rings is 2. The Morgan fingerprint density at radius 2 is 1.69 bits per heavy atom. The first kappa shape index (κ1) is 21.1. The molecule has 1 aliphatic carbocycles. The second kappa shape index (κ2) is 9.39. The van der Waals surface area contributed by atoms with Gasteiger partial charge in [0.15, 0.2) is 0 Å². The summed E-state index contributed by atoms with van der Waals surface area (Å²) in [5.74, 6) is 0.377. The number of rotatable bonds is 4. The number of piperazine rings is 1. The van der Waals surface area contributed by atoms with E-state index in [-0.39, 0.29) is 17.9 Å². The van der Waals surface area contributed by atoms with Gasteiger partial charge in [0.1, 0.15) is 0 Å². The van der Waals surface area contributed by atoms with Crippen LogP contribution < -0.4 is 0 Å². The summed E-state index contributed by atoms with van der Waals surface area (Å²) in [4.78, 5) is 18.1. The number of hydrogen-bond acceptors (Lipinski definition) is 4. The fraction of sp³-hybridized carbons (Fsp3) is 0.407. The molecule has 5 rings (SSSR count). The minimum absolute atomic E-state index is 0.00867. The summed E-state index contributed by atoms with van der Waals surface area (Å²) in [5, 5.41) is 6.84. The number of carbonyl (C=O) groups excluding carboxylic acids is 1. The van der Waals surface area contributed by atoms with Crippen LogP contribution in [0.5, 0.6) is 0 Å². The lowest BCUT2D eigenvalue weighted by molar-refractivity contribution is -0.135. The number of allylic oxidation sites excluding steroid dienone is 1. The second-order valence-corrected chi connectivity index (χ2v) is 9.24. The molecule has 0 bridgehead atoms. The Bertz CT molecular complexity index is 993. The van der Waals surface area contributed by atoms with Crippen molar-refractivity contribution < 1.29 is 4.79 Å². The standard InChI is InChI=1S/C27H32N4O/c1-29-15-17-30(18-16-29)20-25(32)31-27(22-11-6-3-7-12-22)24-14-8-13-23(26(24)28-31)19-21-9-4-2-5-10-21/h2-7,9-12,19,24,27H,8,13-18,20H2,1H3/b23-19+/t24-,27+/m1/s1. The highest BCUT2D eigenvalue weighted by molar-refractivity contribution is 6.08. The Hall–Kier alpha value is -2.76. The van der Waals surface area contributed by atoms with Crippen LogP contribution in [0.25, 0.3) is 6.08 Å². The van der Waals surface area contributed by atoms with Gasteiger partial charge in [0.2, 0.25) is 0 Å². The van der Waals surface area contributed by atoms with Crippen LogP contribution in [0.4, 0.5) is 0 Å².